The van der Waals surface area contributed by atoms with Gasteiger partial charge in [0.25, 0.3) is 0 Å². The summed E-state index contributed by atoms with van der Waals surface area (Å²) in [5, 5.41) is 9.19. The number of hydrogen-bond donors (Lipinski definition) is 2. The van der Waals surface area contributed by atoms with Gasteiger partial charge in [0.2, 0.25) is 10.0 Å². The number of sulfonamides is 1. The SMILES string of the molecule is COc1cc(C)c(N)cc1S(=O)(=O)N1CC(O)C1. The van der Waals surface area contributed by atoms with E-state index in [0.717, 1.165) is 5.56 Å². The molecular weight excluding hydrogens is 256 g/mol. The molecule has 0 radical (unpaired) electrons. The molecule has 0 aliphatic carbocycles. The number of methoxy groups -OCH3 is 1. The second-order valence-corrected chi connectivity index (χ2v) is 6.24. The Bertz CT molecular complexity index is 565. The Morgan fingerprint density at radius 2 is 2.06 bits per heavy atom. The van der Waals surface area contributed by atoms with Gasteiger partial charge in [0.05, 0.1) is 13.2 Å². The minimum absolute atomic E-state index is 0.0417. The molecule has 1 aliphatic rings. The van der Waals surface area contributed by atoms with Gasteiger partial charge in [-0.25, -0.2) is 8.42 Å². The number of nitrogen functional groups attached to an aromatic ring is 1. The van der Waals surface area contributed by atoms with Gasteiger partial charge in [-0.2, -0.15) is 4.31 Å². The quantitative estimate of drug-likeness (QED) is 0.753. The molecule has 1 heterocycles. The predicted molar refractivity (Wildman–Crippen MR) is 66.9 cm³/mol. The van der Waals surface area contributed by atoms with Crippen LogP contribution in [0.5, 0.6) is 5.75 Å². The monoisotopic (exact) mass is 272 g/mol. The zero-order valence-corrected chi connectivity index (χ0v) is 11.1. The first-order valence-electron chi connectivity index (χ1n) is 5.48. The lowest BCUT2D eigenvalue weighted by Crippen LogP contribution is -2.53. The van der Waals surface area contributed by atoms with Crippen LogP contribution in [0, 0.1) is 6.92 Å². The Morgan fingerprint density at radius 1 is 1.44 bits per heavy atom. The van der Waals surface area contributed by atoms with E-state index in [9.17, 15) is 13.5 Å². The van der Waals surface area contributed by atoms with E-state index in [-0.39, 0.29) is 23.7 Å². The van der Waals surface area contributed by atoms with Crippen LogP contribution in [0.3, 0.4) is 0 Å². The summed E-state index contributed by atoms with van der Waals surface area (Å²) in [6.45, 7) is 2.00. The molecule has 0 spiro atoms. The molecule has 2 rings (SSSR count). The zero-order valence-electron chi connectivity index (χ0n) is 10.3. The maximum atomic E-state index is 12.3. The van der Waals surface area contributed by atoms with Crippen LogP contribution in [0.25, 0.3) is 0 Å². The van der Waals surface area contributed by atoms with Gasteiger partial charge in [0, 0.05) is 18.8 Å². The first-order chi connectivity index (χ1) is 8.36. The summed E-state index contributed by atoms with van der Waals surface area (Å²) in [6.07, 6.45) is -0.589. The summed E-state index contributed by atoms with van der Waals surface area (Å²) in [6, 6.07) is 2.99. The molecule has 0 amide bonds. The molecule has 1 aromatic carbocycles. The highest BCUT2D eigenvalue weighted by molar-refractivity contribution is 7.89. The number of β-amino-alcohol motifs (C(OH)–C–C–N with tert-alkyl or cyclic N) is 1. The summed E-state index contributed by atoms with van der Waals surface area (Å²) in [4.78, 5) is 0.0417. The fourth-order valence-corrected chi connectivity index (χ4v) is 3.48. The summed E-state index contributed by atoms with van der Waals surface area (Å²) in [5.41, 5.74) is 6.90. The van der Waals surface area contributed by atoms with Crippen LogP contribution in [-0.4, -0.2) is 44.1 Å². The maximum Gasteiger partial charge on any atom is 0.247 e. The molecule has 0 atom stereocenters. The topological polar surface area (TPSA) is 92.9 Å². The third-order valence-corrected chi connectivity index (χ3v) is 4.85. The van der Waals surface area contributed by atoms with E-state index in [2.05, 4.69) is 0 Å². The van der Waals surface area contributed by atoms with Gasteiger partial charge in [0.15, 0.2) is 0 Å². The van der Waals surface area contributed by atoms with Gasteiger partial charge in [-0.15, -0.1) is 0 Å². The molecule has 0 unspecified atom stereocenters. The molecule has 0 saturated carbocycles. The van der Waals surface area contributed by atoms with Gasteiger partial charge in [-0.05, 0) is 24.6 Å². The van der Waals surface area contributed by atoms with Gasteiger partial charge in [0.1, 0.15) is 10.6 Å². The van der Waals surface area contributed by atoms with Crippen LogP contribution < -0.4 is 10.5 Å². The maximum absolute atomic E-state index is 12.3. The minimum atomic E-state index is -3.65. The highest BCUT2D eigenvalue weighted by atomic mass is 32.2. The number of aryl methyl sites for hydroxylation is 1. The molecule has 1 aromatic rings. The van der Waals surface area contributed by atoms with Crippen LogP contribution in [0.1, 0.15) is 5.56 Å². The number of ether oxygens (including phenoxy) is 1. The van der Waals surface area contributed by atoms with E-state index in [1.165, 1.54) is 17.5 Å². The Labute approximate surface area is 106 Å². The number of nitrogens with two attached hydrogens (primary N) is 1. The first-order valence-corrected chi connectivity index (χ1v) is 6.92. The van der Waals surface area contributed by atoms with Gasteiger partial charge in [-0.1, -0.05) is 0 Å². The summed E-state index contributed by atoms with van der Waals surface area (Å²) >= 11 is 0. The van der Waals surface area contributed by atoms with Gasteiger partial charge in [-0.3, -0.25) is 0 Å². The molecule has 100 valence electrons. The van der Waals surface area contributed by atoms with Crippen molar-refractivity contribution >= 4 is 15.7 Å². The Morgan fingerprint density at radius 3 is 2.56 bits per heavy atom. The number of aliphatic hydroxyl groups is 1. The largest absolute Gasteiger partial charge is 0.495 e. The highest BCUT2D eigenvalue weighted by Gasteiger charge is 2.37. The molecule has 1 fully saturated rings. The lowest BCUT2D eigenvalue weighted by atomic mass is 10.2. The number of hydrogen-bond acceptors (Lipinski definition) is 5. The van der Waals surface area contributed by atoms with Crippen molar-refractivity contribution in [1.29, 1.82) is 0 Å². The van der Waals surface area contributed by atoms with Crippen molar-refractivity contribution in [3.05, 3.63) is 17.7 Å². The minimum Gasteiger partial charge on any atom is -0.495 e. The van der Waals surface area contributed by atoms with Crippen molar-refractivity contribution in [1.82, 2.24) is 4.31 Å². The van der Waals surface area contributed by atoms with Crippen molar-refractivity contribution in [3.63, 3.8) is 0 Å². The van der Waals surface area contributed by atoms with Crippen LogP contribution in [0.15, 0.2) is 17.0 Å². The van der Waals surface area contributed by atoms with Crippen LogP contribution >= 0.6 is 0 Å². The van der Waals surface area contributed by atoms with E-state index < -0.39 is 16.1 Å². The Kier molecular flexibility index (Phi) is 3.22. The Balaban J connectivity index is 2.47. The van der Waals surface area contributed by atoms with Crippen LogP contribution in [-0.2, 0) is 10.0 Å². The lowest BCUT2D eigenvalue weighted by molar-refractivity contribution is 0.0547. The molecular formula is C11H16N2O4S. The van der Waals surface area contributed by atoms with E-state index in [1.54, 1.807) is 13.0 Å². The lowest BCUT2D eigenvalue weighted by Gasteiger charge is -2.34. The van der Waals surface area contributed by atoms with Gasteiger partial charge >= 0.3 is 0 Å². The third-order valence-electron chi connectivity index (χ3n) is 3.00. The zero-order chi connectivity index (χ0) is 13.5. The normalized spacial score (nSPS) is 17.5. The summed E-state index contributed by atoms with van der Waals surface area (Å²) < 4.78 is 30.9. The smallest absolute Gasteiger partial charge is 0.247 e. The van der Waals surface area contributed by atoms with Crippen molar-refractivity contribution in [2.45, 2.75) is 17.9 Å². The highest BCUT2D eigenvalue weighted by Crippen LogP contribution is 2.32. The fourth-order valence-electron chi connectivity index (χ4n) is 1.79. The van der Waals surface area contributed by atoms with Crippen molar-refractivity contribution in [3.8, 4) is 5.75 Å². The third kappa shape index (κ3) is 2.05. The average Bonchev–Trinajstić information content (AvgIpc) is 2.27. The molecule has 7 heteroatoms. The number of aliphatic hydroxyl groups excluding tert-OH is 1. The number of benzene rings is 1. The van der Waals surface area contributed by atoms with E-state index in [0.29, 0.717) is 5.69 Å². The number of rotatable bonds is 3. The van der Waals surface area contributed by atoms with Crippen molar-refractivity contribution < 1.29 is 18.3 Å². The van der Waals surface area contributed by atoms with Crippen LogP contribution in [0.4, 0.5) is 5.69 Å². The molecule has 0 bridgehead atoms. The molecule has 1 saturated heterocycles. The molecule has 3 N–H and O–H groups in total. The second kappa shape index (κ2) is 4.42. The molecule has 6 nitrogen and oxygen atoms in total. The fraction of sp³-hybridized carbons (Fsp3) is 0.455. The van der Waals surface area contributed by atoms with E-state index in [1.807, 2.05) is 0 Å². The first kappa shape index (κ1) is 13.1. The molecule has 1 aliphatic heterocycles. The average molecular weight is 272 g/mol. The predicted octanol–water partition coefficient (Wildman–Crippen LogP) is -0.0490. The summed E-state index contributed by atoms with van der Waals surface area (Å²) in [5.74, 6) is 0.267. The van der Waals surface area contributed by atoms with Crippen molar-refractivity contribution in [2.24, 2.45) is 0 Å². The summed E-state index contributed by atoms with van der Waals surface area (Å²) in [7, 11) is -2.24. The van der Waals surface area contributed by atoms with E-state index in [4.69, 9.17) is 10.5 Å². The van der Waals surface area contributed by atoms with Gasteiger partial charge < -0.3 is 15.6 Å². The standard InChI is InChI=1S/C11H16N2O4S/c1-7-3-10(17-2)11(4-9(7)12)18(15,16)13-5-8(14)6-13/h3-4,8,14H,5-6,12H2,1-2H3. The molecule has 18 heavy (non-hydrogen) atoms. The Hall–Kier alpha value is -1.31. The number of anilines is 1. The van der Waals surface area contributed by atoms with Crippen molar-refractivity contribution in [2.75, 3.05) is 25.9 Å². The second-order valence-electron chi connectivity index (χ2n) is 4.34. The molecule has 0 aromatic heterocycles. The van der Waals surface area contributed by atoms with Crippen LogP contribution in [0.2, 0.25) is 0 Å². The number of nitrogens with zero attached hydrogens (tertiary/aromatic N) is 1. The van der Waals surface area contributed by atoms with E-state index >= 15 is 0 Å².